The van der Waals surface area contributed by atoms with Crippen molar-refractivity contribution in [3.63, 3.8) is 0 Å². The Kier molecular flexibility index (Phi) is 9.98. The summed E-state index contributed by atoms with van der Waals surface area (Å²) >= 11 is 0. The van der Waals surface area contributed by atoms with Crippen molar-refractivity contribution in [1.82, 2.24) is 4.72 Å². The molecule has 0 aromatic heterocycles. The lowest BCUT2D eigenvalue weighted by atomic mass is 9.78. The first-order chi connectivity index (χ1) is 19.6. The van der Waals surface area contributed by atoms with Crippen molar-refractivity contribution in [2.45, 2.75) is 83.9 Å². The van der Waals surface area contributed by atoms with Crippen LogP contribution in [0.5, 0.6) is 0 Å². The third kappa shape index (κ3) is 8.07. The van der Waals surface area contributed by atoms with Gasteiger partial charge in [0.25, 0.3) is 0 Å². The van der Waals surface area contributed by atoms with Gasteiger partial charge in [0, 0.05) is 6.04 Å². The smallest absolute Gasteiger partial charge is 0.0976 e. The lowest BCUT2D eigenvalue weighted by Gasteiger charge is -2.31. The van der Waals surface area contributed by atoms with Crippen LogP contribution in [0.15, 0.2) is 103 Å². The monoisotopic (exact) mass is 597 g/mol. The van der Waals surface area contributed by atoms with Crippen molar-refractivity contribution in [2.24, 2.45) is 0 Å². The van der Waals surface area contributed by atoms with Gasteiger partial charge in [-0.1, -0.05) is 145 Å². The Morgan fingerprint density at radius 3 is 1.55 bits per heavy atom. The molecular formula is C38H48NOPS. The predicted octanol–water partition coefficient (Wildman–Crippen LogP) is 9.17. The Hall–Kier alpha value is -2.58. The zero-order chi connectivity index (χ0) is 30.7. The van der Waals surface area contributed by atoms with Gasteiger partial charge in [0.2, 0.25) is 0 Å². The van der Waals surface area contributed by atoms with Gasteiger partial charge in [-0.2, -0.15) is 0 Å². The van der Waals surface area contributed by atoms with Crippen LogP contribution in [-0.4, -0.2) is 15.1 Å². The van der Waals surface area contributed by atoms with E-state index in [9.17, 15) is 4.21 Å². The molecule has 2 nitrogen and oxygen atoms in total. The van der Waals surface area contributed by atoms with E-state index < -0.39 is 18.9 Å². The van der Waals surface area contributed by atoms with E-state index in [1.54, 1.807) is 0 Å². The molecular weight excluding hydrogens is 549 g/mol. The van der Waals surface area contributed by atoms with Gasteiger partial charge in [-0.05, 0) is 84.1 Å². The van der Waals surface area contributed by atoms with Gasteiger partial charge in [-0.25, -0.2) is 8.93 Å². The number of hydrogen-bond acceptors (Lipinski definition) is 1. The molecule has 1 N–H and O–H groups in total. The van der Waals surface area contributed by atoms with Crippen LogP contribution in [0.3, 0.4) is 0 Å². The molecule has 0 fully saturated rings. The number of nitrogens with one attached hydrogen (secondary N) is 1. The van der Waals surface area contributed by atoms with Crippen molar-refractivity contribution in [1.29, 1.82) is 0 Å². The van der Waals surface area contributed by atoms with Crippen molar-refractivity contribution in [3.8, 4) is 11.1 Å². The van der Waals surface area contributed by atoms with Gasteiger partial charge in [-0.3, -0.25) is 0 Å². The Morgan fingerprint density at radius 1 is 0.643 bits per heavy atom. The summed E-state index contributed by atoms with van der Waals surface area (Å²) in [6.45, 7) is 19.8. The Balaban J connectivity index is 1.91. The second-order valence-electron chi connectivity index (χ2n) is 14.2. The molecule has 0 saturated carbocycles. The minimum absolute atomic E-state index is 0.0191. The van der Waals surface area contributed by atoms with Gasteiger partial charge in [0.15, 0.2) is 0 Å². The first kappa shape index (κ1) is 32.3. The summed E-state index contributed by atoms with van der Waals surface area (Å²) in [5.41, 5.74) is 6.32. The molecule has 0 bridgehead atoms. The molecule has 0 aliphatic heterocycles. The first-order valence-electron chi connectivity index (χ1n) is 15.0. The Bertz CT molecular complexity index is 1420. The molecule has 0 aliphatic carbocycles. The fraction of sp³-hybridized carbons (Fsp3) is 0.368. The van der Waals surface area contributed by atoms with Crippen LogP contribution in [-0.2, 0) is 21.8 Å². The predicted molar refractivity (Wildman–Crippen MR) is 187 cm³/mol. The highest BCUT2D eigenvalue weighted by Crippen LogP contribution is 2.42. The van der Waals surface area contributed by atoms with E-state index in [4.69, 9.17) is 0 Å². The van der Waals surface area contributed by atoms with Crippen LogP contribution in [0.25, 0.3) is 11.1 Å². The van der Waals surface area contributed by atoms with E-state index in [2.05, 4.69) is 149 Å². The number of rotatable bonds is 8. The molecule has 4 aromatic rings. The summed E-state index contributed by atoms with van der Waals surface area (Å²) in [5, 5.41) is 2.66. The Labute approximate surface area is 258 Å². The summed E-state index contributed by atoms with van der Waals surface area (Å²) in [6.07, 6.45) is 0.841. The summed E-state index contributed by atoms with van der Waals surface area (Å²) in [6, 6.07) is 37.4. The maximum Gasteiger partial charge on any atom is 0.0976 e. The molecule has 0 heterocycles. The van der Waals surface area contributed by atoms with Gasteiger partial charge in [0.05, 0.1) is 15.7 Å². The summed E-state index contributed by atoms with van der Waals surface area (Å²) in [4.78, 5) is 0. The van der Waals surface area contributed by atoms with Crippen LogP contribution >= 0.6 is 7.92 Å². The standard InChI is InChI=1S/C38H48NOPS/c1-36(2,3)29-24-28(25-30(26-29)37(4,5)6)33-22-16-17-23-34(33)35(39-42(40)38(7,8)9)27-41(31-18-12-10-13-19-31)32-20-14-11-15-21-32/h10-26,35,39H,27H2,1-9H3/t35-,42+/m0/s1. The van der Waals surface area contributed by atoms with Gasteiger partial charge >= 0.3 is 0 Å². The van der Waals surface area contributed by atoms with E-state index in [0.29, 0.717) is 0 Å². The number of hydrogen-bond donors (Lipinski definition) is 1. The third-order valence-electron chi connectivity index (χ3n) is 7.62. The zero-order valence-electron chi connectivity index (χ0n) is 26.9. The van der Waals surface area contributed by atoms with Crippen LogP contribution in [0.1, 0.15) is 85.0 Å². The van der Waals surface area contributed by atoms with Gasteiger partial charge in [0.1, 0.15) is 0 Å². The van der Waals surface area contributed by atoms with Gasteiger partial charge in [-0.15, -0.1) is 0 Å². The third-order valence-corrected chi connectivity index (χ3v) is 11.8. The SMILES string of the molecule is CC(C)(C)c1cc(-c2ccccc2[C@H](CP(c2ccccc2)c2ccccc2)N[S@](=O)C(C)(C)C)cc(C(C)(C)C)c1. The molecule has 0 amide bonds. The van der Waals surface area contributed by atoms with Crippen LogP contribution < -0.4 is 15.3 Å². The summed E-state index contributed by atoms with van der Waals surface area (Å²) < 4.78 is 17.0. The molecule has 0 unspecified atom stereocenters. The molecule has 0 radical (unpaired) electrons. The highest BCUT2D eigenvalue weighted by atomic mass is 32.2. The highest BCUT2D eigenvalue weighted by Gasteiger charge is 2.29. The van der Waals surface area contributed by atoms with Crippen molar-refractivity contribution >= 4 is 29.5 Å². The quantitative estimate of drug-likeness (QED) is 0.202. The molecule has 0 spiro atoms. The highest BCUT2D eigenvalue weighted by molar-refractivity contribution is 7.84. The van der Waals surface area contributed by atoms with E-state index >= 15 is 0 Å². The van der Waals surface area contributed by atoms with E-state index in [-0.39, 0.29) is 21.6 Å². The normalized spacial score (nSPS) is 14.1. The lowest BCUT2D eigenvalue weighted by Crippen LogP contribution is -2.37. The van der Waals surface area contributed by atoms with Crippen LogP contribution in [0.4, 0.5) is 0 Å². The molecule has 4 heteroatoms. The molecule has 42 heavy (non-hydrogen) atoms. The maximum atomic E-state index is 13.7. The molecule has 4 rings (SSSR count). The van der Waals surface area contributed by atoms with E-state index in [1.165, 1.54) is 38.4 Å². The first-order valence-corrected chi connectivity index (χ1v) is 17.6. The largest absolute Gasteiger partial charge is 0.242 e. The average Bonchev–Trinajstić information content (AvgIpc) is 2.94. The van der Waals surface area contributed by atoms with Crippen molar-refractivity contribution < 1.29 is 4.21 Å². The second kappa shape index (κ2) is 13.0. The minimum atomic E-state index is -1.24. The van der Waals surface area contributed by atoms with Crippen LogP contribution in [0.2, 0.25) is 0 Å². The molecule has 4 aromatic carbocycles. The average molecular weight is 598 g/mol. The second-order valence-corrected chi connectivity index (χ2v) is 18.5. The number of benzene rings is 4. The molecule has 0 aliphatic rings. The summed E-state index contributed by atoms with van der Waals surface area (Å²) in [5.74, 6) is 0. The molecule has 222 valence electrons. The lowest BCUT2D eigenvalue weighted by molar-refractivity contribution is 0.569. The maximum absolute atomic E-state index is 13.7. The molecule has 2 atom stereocenters. The van der Waals surface area contributed by atoms with E-state index in [1.807, 2.05) is 20.8 Å². The Morgan fingerprint density at radius 2 is 1.10 bits per heavy atom. The summed E-state index contributed by atoms with van der Waals surface area (Å²) in [7, 11) is -1.95. The van der Waals surface area contributed by atoms with Gasteiger partial charge < -0.3 is 0 Å². The van der Waals surface area contributed by atoms with Crippen molar-refractivity contribution in [2.75, 3.05) is 6.16 Å². The minimum Gasteiger partial charge on any atom is -0.242 e. The van der Waals surface area contributed by atoms with Crippen molar-refractivity contribution in [3.05, 3.63) is 120 Å². The topological polar surface area (TPSA) is 29.1 Å². The van der Waals surface area contributed by atoms with Crippen LogP contribution in [0, 0.1) is 0 Å². The fourth-order valence-corrected chi connectivity index (χ4v) is 8.36. The molecule has 0 saturated heterocycles. The fourth-order valence-electron chi connectivity index (χ4n) is 4.98. The van der Waals surface area contributed by atoms with E-state index in [0.717, 1.165) is 6.16 Å². The zero-order valence-corrected chi connectivity index (χ0v) is 28.6.